The van der Waals surface area contributed by atoms with Gasteiger partial charge in [-0.3, -0.25) is 9.59 Å². The van der Waals surface area contributed by atoms with E-state index in [1.165, 1.54) is 11.8 Å². The zero-order valence-electron chi connectivity index (χ0n) is 17.5. The SMILES string of the molecule is CC(C)(C)C(=O)COC(=O)c1ccccc1S[C@H](C(=O)NC1CC1)c1ccccc1. The molecular weight excluding hydrogens is 398 g/mol. The maximum absolute atomic E-state index is 12.9. The van der Waals surface area contributed by atoms with Crippen molar-refractivity contribution >= 4 is 29.4 Å². The molecule has 1 aliphatic carbocycles. The number of amides is 1. The highest BCUT2D eigenvalue weighted by Gasteiger charge is 2.30. The first-order valence-corrected chi connectivity index (χ1v) is 10.9. The van der Waals surface area contributed by atoms with Gasteiger partial charge in [0.25, 0.3) is 0 Å². The number of esters is 1. The molecule has 0 aromatic heterocycles. The predicted molar refractivity (Wildman–Crippen MR) is 117 cm³/mol. The van der Waals surface area contributed by atoms with E-state index in [0.717, 1.165) is 18.4 Å². The second kappa shape index (κ2) is 9.47. The van der Waals surface area contributed by atoms with E-state index in [9.17, 15) is 14.4 Å². The third-order valence-corrected chi connectivity index (χ3v) is 6.12. The van der Waals surface area contributed by atoms with Gasteiger partial charge in [0.15, 0.2) is 12.4 Å². The van der Waals surface area contributed by atoms with Crippen LogP contribution in [0.1, 0.15) is 54.8 Å². The van der Waals surface area contributed by atoms with Crippen LogP contribution in [0.2, 0.25) is 0 Å². The third kappa shape index (κ3) is 5.95. The van der Waals surface area contributed by atoms with Crippen molar-refractivity contribution < 1.29 is 19.1 Å². The number of hydrogen-bond donors (Lipinski definition) is 1. The minimum Gasteiger partial charge on any atom is -0.454 e. The van der Waals surface area contributed by atoms with Gasteiger partial charge in [-0.2, -0.15) is 0 Å². The van der Waals surface area contributed by atoms with Gasteiger partial charge in [0.1, 0.15) is 5.25 Å². The summed E-state index contributed by atoms with van der Waals surface area (Å²) in [7, 11) is 0. The molecule has 1 atom stereocenters. The number of benzene rings is 2. The maximum Gasteiger partial charge on any atom is 0.339 e. The standard InChI is InChI=1S/C24H27NO4S/c1-24(2,3)20(26)15-29-23(28)18-11-7-8-12-19(18)30-21(16-9-5-4-6-10-16)22(27)25-17-13-14-17/h4-12,17,21H,13-15H2,1-3H3,(H,25,27)/t21-/m0/s1. The molecule has 2 aromatic carbocycles. The van der Waals surface area contributed by atoms with Gasteiger partial charge in [0.05, 0.1) is 5.56 Å². The largest absolute Gasteiger partial charge is 0.454 e. The molecule has 0 radical (unpaired) electrons. The number of ketones is 1. The number of hydrogen-bond acceptors (Lipinski definition) is 5. The van der Waals surface area contributed by atoms with Crippen molar-refractivity contribution in [3.05, 3.63) is 65.7 Å². The lowest BCUT2D eigenvalue weighted by Crippen LogP contribution is -2.30. The Morgan fingerprint density at radius 2 is 1.67 bits per heavy atom. The zero-order valence-corrected chi connectivity index (χ0v) is 18.3. The molecule has 0 aliphatic heterocycles. The molecule has 30 heavy (non-hydrogen) atoms. The molecule has 6 heteroatoms. The Morgan fingerprint density at radius 3 is 2.30 bits per heavy atom. The van der Waals surface area contributed by atoms with Crippen LogP contribution in [0.15, 0.2) is 59.5 Å². The highest BCUT2D eigenvalue weighted by Crippen LogP contribution is 2.38. The lowest BCUT2D eigenvalue weighted by Gasteiger charge is -2.19. The average molecular weight is 426 g/mol. The van der Waals surface area contributed by atoms with Gasteiger partial charge in [0, 0.05) is 16.4 Å². The van der Waals surface area contributed by atoms with E-state index in [2.05, 4.69) is 5.32 Å². The molecule has 1 aliphatic rings. The summed E-state index contributed by atoms with van der Waals surface area (Å²) in [6, 6.07) is 16.8. The van der Waals surface area contributed by atoms with Gasteiger partial charge >= 0.3 is 5.97 Å². The summed E-state index contributed by atoms with van der Waals surface area (Å²) < 4.78 is 5.28. The van der Waals surface area contributed by atoms with Crippen LogP contribution in [0.5, 0.6) is 0 Å². The number of Topliss-reactive ketones (excluding diaryl/α,β-unsaturated/α-hetero) is 1. The highest BCUT2D eigenvalue weighted by molar-refractivity contribution is 8.00. The molecule has 5 nitrogen and oxygen atoms in total. The van der Waals surface area contributed by atoms with Gasteiger partial charge in [-0.15, -0.1) is 11.8 Å². The first-order chi connectivity index (χ1) is 14.3. The Balaban J connectivity index is 1.79. The average Bonchev–Trinajstić information content (AvgIpc) is 3.54. The number of thioether (sulfide) groups is 1. The molecule has 1 amide bonds. The van der Waals surface area contributed by atoms with E-state index < -0.39 is 16.6 Å². The Hall–Kier alpha value is -2.60. The zero-order chi connectivity index (χ0) is 21.7. The molecule has 1 saturated carbocycles. The minimum atomic E-state index is -0.576. The molecular formula is C24H27NO4S. The van der Waals surface area contributed by atoms with Crippen LogP contribution in [0.4, 0.5) is 0 Å². The first kappa shape index (κ1) is 22.1. The lowest BCUT2D eigenvalue weighted by atomic mass is 9.91. The van der Waals surface area contributed by atoms with Crippen LogP contribution in [-0.4, -0.2) is 30.3 Å². The van der Waals surface area contributed by atoms with Crippen molar-refractivity contribution in [2.45, 2.75) is 49.8 Å². The van der Waals surface area contributed by atoms with Gasteiger partial charge in [-0.05, 0) is 30.5 Å². The molecule has 0 unspecified atom stereocenters. The Morgan fingerprint density at radius 1 is 1.03 bits per heavy atom. The fourth-order valence-corrected chi connectivity index (χ4v) is 3.85. The fourth-order valence-electron chi connectivity index (χ4n) is 2.70. The summed E-state index contributed by atoms with van der Waals surface area (Å²) in [5.41, 5.74) is 0.643. The fraction of sp³-hybridized carbons (Fsp3) is 0.375. The molecule has 0 spiro atoms. The van der Waals surface area contributed by atoms with E-state index in [0.29, 0.717) is 10.5 Å². The summed E-state index contributed by atoms with van der Waals surface area (Å²) in [6.45, 7) is 5.09. The third-order valence-electron chi connectivity index (χ3n) is 4.79. The molecule has 3 rings (SSSR count). The van der Waals surface area contributed by atoms with Gasteiger partial charge in [0.2, 0.25) is 5.91 Å². The van der Waals surface area contributed by atoms with Crippen molar-refractivity contribution in [2.24, 2.45) is 5.41 Å². The van der Waals surface area contributed by atoms with Crippen LogP contribution in [0.25, 0.3) is 0 Å². The highest BCUT2D eigenvalue weighted by atomic mass is 32.2. The molecule has 0 heterocycles. The van der Waals surface area contributed by atoms with Crippen molar-refractivity contribution in [1.82, 2.24) is 5.32 Å². The summed E-state index contributed by atoms with van der Waals surface area (Å²) in [4.78, 5) is 38.4. The topological polar surface area (TPSA) is 72.5 Å². The summed E-state index contributed by atoms with van der Waals surface area (Å²) in [5, 5.41) is 2.57. The van der Waals surface area contributed by atoms with Crippen LogP contribution in [0.3, 0.4) is 0 Å². The Labute approximate surface area is 181 Å². The summed E-state index contributed by atoms with van der Waals surface area (Å²) in [6.07, 6.45) is 2.01. The normalized spacial score (nSPS) is 14.6. The molecule has 0 saturated heterocycles. The molecule has 1 fully saturated rings. The van der Waals surface area contributed by atoms with Crippen molar-refractivity contribution in [1.29, 1.82) is 0 Å². The number of rotatable bonds is 8. The predicted octanol–water partition coefficient (Wildman–Crippen LogP) is 4.57. The lowest BCUT2D eigenvalue weighted by molar-refractivity contribution is -0.129. The van der Waals surface area contributed by atoms with Gasteiger partial charge in [-0.1, -0.05) is 63.2 Å². The van der Waals surface area contributed by atoms with E-state index in [1.54, 1.807) is 39.0 Å². The Kier molecular flexibility index (Phi) is 6.98. The summed E-state index contributed by atoms with van der Waals surface area (Å²) >= 11 is 1.32. The number of carbonyl (C=O) groups excluding carboxylic acids is 3. The number of carbonyl (C=O) groups is 3. The van der Waals surface area contributed by atoms with E-state index in [4.69, 9.17) is 4.74 Å². The monoisotopic (exact) mass is 425 g/mol. The van der Waals surface area contributed by atoms with Crippen LogP contribution < -0.4 is 5.32 Å². The molecule has 1 N–H and O–H groups in total. The van der Waals surface area contributed by atoms with E-state index >= 15 is 0 Å². The smallest absolute Gasteiger partial charge is 0.339 e. The molecule has 158 valence electrons. The Bertz CT molecular complexity index is 916. The number of ether oxygens (including phenoxy) is 1. The van der Waals surface area contributed by atoms with Crippen LogP contribution in [-0.2, 0) is 14.3 Å². The maximum atomic E-state index is 12.9. The van der Waals surface area contributed by atoms with Crippen molar-refractivity contribution in [3.8, 4) is 0 Å². The van der Waals surface area contributed by atoms with E-state index in [-0.39, 0.29) is 24.3 Å². The minimum absolute atomic E-state index is 0.0696. The molecule has 2 aromatic rings. The second-order valence-electron chi connectivity index (χ2n) is 8.44. The first-order valence-electron chi connectivity index (χ1n) is 10.1. The molecule has 0 bridgehead atoms. The summed E-state index contributed by atoms with van der Waals surface area (Å²) in [5.74, 6) is -0.781. The van der Waals surface area contributed by atoms with Crippen molar-refractivity contribution in [2.75, 3.05) is 6.61 Å². The van der Waals surface area contributed by atoms with E-state index in [1.807, 2.05) is 36.4 Å². The van der Waals surface area contributed by atoms with Gasteiger partial charge in [-0.25, -0.2) is 4.79 Å². The number of nitrogens with one attached hydrogen (secondary N) is 1. The second-order valence-corrected chi connectivity index (χ2v) is 9.58. The van der Waals surface area contributed by atoms with Crippen LogP contribution in [0, 0.1) is 5.41 Å². The quantitative estimate of drug-likeness (QED) is 0.495. The van der Waals surface area contributed by atoms with Crippen molar-refractivity contribution in [3.63, 3.8) is 0 Å². The van der Waals surface area contributed by atoms with Crippen LogP contribution >= 0.6 is 11.8 Å². The van der Waals surface area contributed by atoms with Gasteiger partial charge < -0.3 is 10.1 Å².